The van der Waals surface area contributed by atoms with Gasteiger partial charge in [-0.15, -0.1) is 0 Å². The summed E-state index contributed by atoms with van der Waals surface area (Å²) >= 11 is 0. The molecule has 1 amide bonds. The van der Waals surface area contributed by atoms with Crippen LogP contribution in [0.2, 0.25) is 0 Å². The third-order valence-electron chi connectivity index (χ3n) is 3.35. The van der Waals surface area contributed by atoms with E-state index in [0.717, 1.165) is 38.7 Å². The summed E-state index contributed by atoms with van der Waals surface area (Å²) in [5.74, 6) is 0.0421. The number of aromatic nitrogens is 1. The molecule has 0 bridgehead atoms. The highest BCUT2D eigenvalue weighted by Crippen LogP contribution is 2.18. The SMILES string of the molecule is CNCC1CCN(C(=O)c2cncc(F)c2)CC1. The number of carbonyl (C=O) groups is 1. The zero-order chi connectivity index (χ0) is 13.0. The zero-order valence-electron chi connectivity index (χ0n) is 10.5. The van der Waals surface area contributed by atoms with Gasteiger partial charge in [-0.05, 0) is 38.4 Å². The quantitative estimate of drug-likeness (QED) is 0.880. The lowest BCUT2D eigenvalue weighted by Gasteiger charge is -2.31. The normalized spacial score (nSPS) is 16.9. The number of hydrogen-bond acceptors (Lipinski definition) is 3. The molecular weight excluding hydrogens is 233 g/mol. The highest BCUT2D eigenvalue weighted by atomic mass is 19.1. The lowest BCUT2D eigenvalue weighted by molar-refractivity contribution is 0.0690. The van der Waals surface area contributed by atoms with Crippen LogP contribution in [0.3, 0.4) is 0 Å². The zero-order valence-corrected chi connectivity index (χ0v) is 10.5. The molecular formula is C13H18FN3O. The predicted molar refractivity (Wildman–Crippen MR) is 66.7 cm³/mol. The molecule has 1 saturated heterocycles. The van der Waals surface area contributed by atoms with E-state index in [1.807, 2.05) is 7.05 Å². The number of piperidine rings is 1. The molecule has 0 radical (unpaired) electrons. The molecule has 18 heavy (non-hydrogen) atoms. The summed E-state index contributed by atoms with van der Waals surface area (Å²) in [7, 11) is 1.94. The minimum atomic E-state index is -0.467. The van der Waals surface area contributed by atoms with Crippen LogP contribution in [0.5, 0.6) is 0 Å². The Labute approximate surface area is 106 Å². The summed E-state index contributed by atoms with van der Waals surface area (Å²) in [5, 5.41) is 3.16. The molecule has 1 aliphatic heterocycles. The highest BCUT2D eigenvalue weighted by molar-refractivity contribution is 5.93. The van der Waals surface area contributed by atoms with Crippen LogP contribution in [0.1, 0.15) is 23.2 Å². The van der Waals surface area contributed by atoms with Gasteiger partial charge in [0.25, 0.3) is 5.91 Å². The molecule has 2 heterocycles. The number of likely N-dealkylation sites (tertiary alicyclic amines) is 1. The van der Waals surface area contributed by atoms with Crippen molar-refractivity contribution in [2.75, 3.05) is 26.7 Å². The van der Waals surface area contributed by atoms with Crippen LogP contribution >= 0.6 is 0 Å². The Bertz CT molecular complexity index is 416. The Kier molecular flexibility index (Phi) is 4.25. The van der Waals surface area contributed by atoms with Crippen LogP contribution in [0.15, 0.2) is 18.5 Å². The maximum atomic E-state index is 13.0. The van der Waals surface area contributed by atoms with Crippen LogP contribution in [0, 0.1) is 11.7 Å². The van der Waals surface area contributed by atoms with Gasteiger partial charge in [-0.2, -0.15) is 0 Å². The fraction of sp³-hybridized carbons (Fsp3) is 0.538. The smallest absolute Gasteiger partial charge is 0.255 e. The van der Waals surface area contributed by atoms with Crippen LogP contribution in [-0.4, -0.2) is 42.5 Å². The average molecular weight is 251 g/mol. The van der Waals surface area contributed by atoms with E-state index in [1.165, 1.54) is 12.3 Å². The highest BCUT2D eigenvalue weighted by Gasteiger charge is 2.23. The summed E-state index contributed by atoms with van der Waals surface area (Å²) < 4.78 is 13.0. The summed E-state index contributed by atoms with van der Waals surface area (Å²) in [4.78, 5) is 17.6. The van der Waals surface area contributed by atoms with Gasteiger partial charge in [-0.1, -0.05) is 0 Å². The molecule has 5 heteroatoms. The first-order chi connectivity index (χ1) is 8.70. The van der Waals surface area contributed by atoms with Crippen LogP contribution in [0.4, 0.5) is 4.39 Å². The number of rotatable bonds is 3. The molecule has 0 spiro atoms. The summed E-state index contributed by atoms with van der Waals surface area (Å²) in [6.07, 6.45) is 4.52. The molecule has 4 nitrogen and oxygen atoms in total. The van der Waals surface area contributed by atoms with E-state index in [1.54, 1.807) is 4.90 Å². The fourth-order valence-electron chi connectivity index (χ4n) is 2.34. The number of hydrogen-bond donors (Lipinski definition) is 1. The van der Waals surface area contributed by atoms with E-state index in [2.05, 4.69) is 10.3 Å². The Hall–Kier alpha value is -1.49. The van der Waals surface area contributed by atoms with Crippen molar-refractivity contribution in [2.45, 2.75) is 12.8 Å². The molecule has 0 aromatic carbocycles. The summed E-state index contributed by atoms with van der Waals surface area (Å²) in [6, 6.07) is 1.25. The Morgan fingerprint density at radius 1 is 1.50 bits per heavy atom. The number of pyridine rings is 1. The Morgan fingerprint density at radius 2 is 2.22 bits per heavy atom. The van der Waals surface area contributed by atoms with Crippen LogP contribution in [0.25, 0.3) is 0 Å². The maximum Gasteiger partial charge on any atom is 0.255 e. The molecule has 0 atom stereocenters. The number of carbonyl (C=O) groups excluding carboxylic acids is 1. The molecule has 1 aromatic rings. The predicted octanol–water partition coefficient (Wildman–Crippen LogP) is 1.29. The largest absolute Gasteiger partial charge is 0.339 e. The van der Waals surface area contributed by atoms with Gasteiger partial charge >= 0.3 is 0 Å². The van der Waals surface area contributed by atoms with E-state index in [4.69, 9.17) is 0 Å². The Balaban J connectivity index is 1.95. The van der Waals surface area contributed by atoms with E-state index >= 15 is 0 Å². The van der Waals surface area contributed by atoms with E-state index < -0.39 is 5.82 Å². The van der Waals surface area contributed by atoms with Gasteiger partial charge in [-0.3, -0.25) is 9.78 Å². The van der Waals surface area contributed by atoms with Gasteiger partial charge in [0.1, 0.15) is 5.82 Å². The van der Waals surface area contributed by atoms with Crippen molar-refractivity contribution in [2.24, 2.45) is 5.92 Å². The van der Waals surface area contributed by atoms with Crippen molar-refractivity contribution >= 4 is 5.91 Å². The second kappa shape index (κ2) is 5.91. The molecule has 98 valence electrons. The average Bonchev–Trinajstić information content (AvgIpc) is 2.39. The van der Waals surface area contributed by atoms with Crippen molar-refractivity contribution in [3.8, 4) is 0 Å². The monoisotopic (exact) mass is 251 g/mol. The summed E-state index contributed by atoms with van der Waals surface area (Å²) in [5.41, 5.74) is 0.335. The molecule has 0 aliphatic carbocycles. The van der Waals surface area contributed by atoms with Crippen molar-refractivity contribution < 1.29 is 9.18 Å². The molecule has 1 aliphatic rings. The molecule has 0 unspecified atom stereocenters. The molecule has 0 saturated carbocycles. The molecule has 1 aromatic heterocycles. The van der Waals surface area contributed by atoms with Crippen LogP contribution < -0.4 is 5.32 Å². The molecule has 1 fully saturated rings. The van der Waals surface area contributed by atoms with Gasteiger partial charge < -0.3 is 10.2 Å². The molecule has 1 N–H and O–H groups in total. The van der Waals surface area contributed by atoms with Crippen molar-refractivity contribution in [3.05, 3.63) is 29.8 Å². The fourth-order valence-corrected chi connectivity index (χ4v) is 2.34. The topological polar surface area (TPSA) is 45.2 Å². The van der Waals surface area contributed by atoms with Crippen molar-refractivity contribution in [1.29, 1.82) is 0 Å². The lowest BCUT2D eigenvalue weighted by atomic mass is 9.96. The number of nitrogens with zero attached hydrogens (tertiary/aromatic N) is 2. The first-order valence-electron chi connectivity index (χ1n) is 6.25. The second-order valence-electron chi connectivity index (χ2n) is 4.69. The number of amides is 1. The maximum absolute atomic E-state index is 13.0. The number of nitrogens with one attached hydrogen (secondary N) is 1. The van der Waals surface area contributed by atoms with Gasteiger partial charge in [0.05, 0.1) is 11.8 Å². The van der Waals surface area contributed by atoms with Gasteiger partial charge in [-0.25, -0.2) is 4.39 Å². The van der Waals surface area contributed by atoms with Gasteiger partial charge in [0, 0.05) is 19.3 Å². The third kappa shape index (κ3) is 3.04. The first-order valence-corrected chi connectivity index (χ1v) is 6.25. The first kappa shape index (κ1) is 13.0. The third-order valence-corrected chi connectivity index (χ3v) is 3.35. The minimum Gasteiger partial charge on any atom is -0.339 e. The van der Waals surface area contributed by atoms with E-state index in [0.29, 0.717) is 11.5 Å². The minimum absolute atomic E-state index is 0.120. The van der Waals surface area contributed by atoms with E-state index in [9.17, 15) is 9.18 Å². The summed E-state index contributed by atoms with van der Waals surface area (Å²) in [6.45, 7) is 2.47. The lowest BCUT2D eigenvalue weighted by Crippen LogP contribution is -2.40. The second-order valence-corrected chi connectivity index (χ2v) is 4.69. The number of halogens is 1. The van der Waals surface area contributed by atoms with Crippen molar-refractivity contribution in [1.82, 2.24) is 15.2 Å². The Morgan fingerprint density at radius 3 is 2.83 bits per heavy atom. The standard InChI is InChI=1S/C13H18FN3O/c1-15-7-10-2-4-17(5-3-10)13(18)11-6-12(14)9-16-8-11/h6,8-10,15H,2-5,7H2,1H3. The van der Waals surface area contributed by atoms with Crippen molar-refractivity contribution in [3.63, 3.8) is 0 Å². The molecule has 2 rings (SSSR count). The van der Waals surface area contributed by atoms with Gasteiger partial charge in [0.2, 0.25) is 0 Å². The van der Waals surface area contributed by atoms with E-state index in [-0.39, 0.29) is 5.91 Å². The van der Waals surface area contributed by atoms with Crippen LogP contribution in [-0.2, 0) is 0 Å². The van der Waals surface area contributed by atoms with Gasteiger partial charge in [0.15, 0.2) is 0 Å².